The predicted molar refractivity (Wildman–Crippen MR) is 63.4 cm³/mol. The fourth-order valence-corrected chi connectivity index (χ4v) is 1.24. The van der Waals surface area contributed by atoms with Gasteiger partial charge in [-0.05, 0) is 24.6 Å². The maximum absolute atomic E-state index is 10.9. The number of pyridine rings is 1. The number of aromatic nitrogens is 1. The van der Waals surface area contributed by atoms with E-state index in [2.05, 4.69) is 10.3 Å². The molecule has 1 rings (SSSR count). The Kier molecular flexibility index (Phi) is 6.93. The van der Waals surface area contributed by atoms with E-state index in [1.54, 1.807) is 19.3 Å². The Bertz CT molecular complexity index is 317. The molecule has 0 unspecified atom stereocenters. The molecule has 0 atom stereocenters. The SMILES string of the molecule is CCOC(=O)COCCNCc1ccncc1. The highest BCUT2D eigenvalue weighted by atomic mass is 16.6. The average Bonchev–Trinajstić information content (AvgIpc) is 2.35. The van der Waals surface area contributed by atoms with Crippen molar-refractivity contribution in [3.05, 3.63) is 30.1 Å². The number of carbonyl (C=O) groups is 1. The maximum Gasteiger partial charge on any atom is 0.332 e. The summed E-state index contributed by atoms with van der Waals surface area (Å²) in [6.45, 7) is 4.14. The Labute approximate surface area is 101 Å². The van der Waals surface area contributed by atoms with Gasteiger partial charge in [-0.15, -0.1) is 0 Å². The number of hydrogen-bond donors (Lipinski definition) is 1. The minimum atomic E-state index is -0.318. The Morgan fingerprint density at radius 2 is 2.18 bits per heavy atom. The predicted octanol–water partition coefficient (Wildman–Crippen LogP) is 0.751. The number of nitrogens with zero attached hydrogens (tertiary/aromatic N) is 1. The van der Waals surface area contributed by atoms with Gasteiger partial charge in [-0.3, -0.25) is 4.98 Å². The second-order valence-corrected chi connectivity index (χ2v) is 3.39. The van der Waals surface area contributed by atoms with Gasteiger partial charge in [0, 0.05) is 25.5 Å². The van der Waals surface area contributed by atoms with Crippen molar-refractivity contribution in [1.82, 2.24) is 10.3 Å². The van der Waals surface area contributed by atoms with Gasteiger partial charge >= 0.3 is 5.97 Å². The van der Waals surface area contributed by atoms with Gasteiger partial charge in [0.1, 0.15) is 6.61 Å². The third-order valence-corrected chi connectivity index (χ3v) is 2.03. The van der Waals surface area contributed by atoms with Gasteiger partial charge < -0.3 is 14.8 Å². The lowest BCUT2D eigenvalue weighted by Crippen LogP contribution is -2.21. The number of esters is 1. The smallest absolute Gasteiger partial charge is 0.332 e. The van der Waals surface area contributed by atoms with Crippen molar-refractivity contribution >= 4 is 5.97 Å². The van der Waals surface area contributed by atoms with E-state index in [9.17, 15) is 4.79 Å². The third kappa shape index (κ3) is 6.65. The van der Waals surface area contributed by atoms with Crippen LogP contribution in [-0.4, -0.2) is 37.3 Å². The van der Waals surface area contributed by atoms with E-state index in [4.69, 9.17) is 9.47 Å². The zero-order chi connectivity index (χ0) is 12.3. The van der Waals surface area contributed by atoms with Gasteiger partial charge in [-0.25, -0.2) is 4.79 Å². The highest BCUT2D eigenvalue weighted by Crippen LogP contribution is 1.94. The lowest BCUT2D eigenvalue weighted by molar-refractivity contribution is -0.148. The van der Waals surface area contributed by atoms with Crippen LogP contribution in [0.2, 0.25) is 0 Å². The fraction of sp³-hybridized carbons (Fsp3) is 0.500. The molecular weight excluding hydrogens is 220 g/mol. The van der Waals surface area contributed by atoms with Crippen LogP contribution in [0.5, 0.6) is 0 Å². The highest BCUT2D eigenvalue weighted by molar-refractivity contribution is 5.70. The summed E-state index contributed by atoms with van der Waals surface area (Å²) in [7, 11) is 0. The number of hydrogen-bond acceptors (Lipinski definition) is 5. The first-order valence-electron chi connectivity index (χ1n) is 5.66. The van der Waals surface area contributed by atoms with E-state index in [1.165, 1.54) is 5.56 Å². The van der Waals surface area contributed by atoms with Crippen molar-refractivity contribution in [2.45, 2.75) is 13.5 Å². The van der Waals surface area contributed by atoms with E-state index in [0.717, 1.165) is 6.54 Å². The summed E-state index contributed by atoms with van der Waals surface area (Å²) in [6.07, 6.45) is 3.52. The number of ether oxygens (including phenoxy) is 2. The van der Waals surface area contributed by atoms with Gasteiger partial charge in [-0.1, -0.05) is 0 Å². The van der Waals surface area contributed by atoms with Crippen LogP contribution in [0.1, 0.15) is 12.5 Å². The van der Waals surface area contributed by atoms with Crippen LogP contribution in [-0.2, 0) is 20.8 Å². The van der Waals surface area contributed by atoms with E-state index in [0.29, 0.717) is 19.8 Å². The van der Waals surface area contributed by atoms with E-state index in [1.807, 2.05) is 12.1 Å². The van der Waals surface area contributed by atoms with E-state index < -0.39 is 0 Å². The highest BCUT2D eigenvalue weighted by Gasteiger charge is 2.00. The van der Waals surface area contributed by atoms with Gasteiger partial charge in [-0.2, -0.15) is 0 Å². The molecule has 0 aliphatic rings. The molecule has 0 aliphatic heterocycles. The van der Waals surface area contributed by atoms with E-state index in [-0.39, 0.29) is 12.6 Å². The summed E-state index contributed by atoms with van der Waals surface area (Å²) in [5, 5.41) is 3.20. The van der Waals surface area contributed by atoms with Crippen molar-refractivity contribution in [2.75, 3.05) is 26.4 Å². The summed E-state index contributed by atoms with van der Waals surface area (Å²) in [4.78, 5) is 14.9. The Hall–Kier alpha value is -1.46. The standard InChI is InChI=1S/C12H18N2O3/c1-2-17-12(15)10-16-8-7-14-9-11-3-5-13-6-4-11/h3-6,14H,2,7-10H2,1H3. The normalized spacial score (nSPS) is 10.2. The topological polar surface area (TPSA) is 60.5 Å². The Morgan fingerprint density at radius 3 is 2.88 bits per heavy atom. The fourth-order valence-electron chi connectivity index (χ4n) is 1.24. The van der Waals surface area contributed by atoms with Gasteiger partial charge in [0.2, 0.25) is 0 Å². The zero-order valence-electron chi connectivity index (χ0n) is 10.0. The largest absolute Gasteiger partial charge is 0.464 e. The molecule has 1 heterocycles. The third-order valence-electron chi connectivity index (χ3n) is 2.03. The minimum Gasteiger partial charge on any atom is -0.464 e. The number of rotatable bonds is 8. The minimum absolute atomic E-state index is 0.0186. The average molecular weight is 238 g/mol. The van der Waals surface area contributed by atoms with Crippen molar-refractivity contribution in [1.29, 1.82) is 0 Å². The second kappa shape index (κ2) is 8.66. The second-order valence-electron chi connectivity index (χ2n) is 3.39. The van der Waals surface area contributed by atoms with Crippen LogP contribution in [0.25, 0.3) is 0 Å². The van der Waals surface area contributed by atoms with Crippen LogP contribution in [0, 0.1) is 0 Å². The van der Waals surface area contributed by atoms with E-state index >= 15 is 0 Å². The molecule has 1 aromatic rings. The monoisotopic (exact) mass is 238 g/mol. The zero-order valence-corrected chi connectivity index (χ0v) is 10.0. The molecule has 0 radical (unpaired) electrons. The molecule has 1 N–H and O–H groups in total. The summed E-state index contributed by atoms with van der Waals surface area (Å²) in [5.41, 5.74) is 1.17. The molecule has 0 saturated carbocycles. The molecule has 17 heavy (non-hydrogen) atoms. The molecule has 5 nitrogen and oxygen atoms in total. The van der Waals surface area contributed by atoms with Crippen molar-refractivity contribution in [3.63, 3.8) is 0 Å². The molecule has 5 heteroatoms. The molecule has 0 aromatic carbocycles. The summed E-state index contributed by atoms with van der Waals surface area (Å²) >= 11 is 0. The van der Waals surface area contributed by atoms with Crippen LogP contribution in [0.15, 0.2) is 24.5 Å². The quantitative estimate of drug-likeness (QED) is 0.535. The number of carbonyl (C=O) groups excluding carboxylic acids is 1. The molecule has 94 valence electrons. The molecule has 0 spiro atoms. The lowest BCUT2D eigenvalue weighted by Gasteiger charge is -2.05. The van der Waals surface area contributed by atoms with Crippen LogP contribution >= 0.6 is 0 Å². The first kappa shape index (κ1) is 13.6. The van der Waals surface area contributed by atoms with Gasteiger partial charge in [0.15, 0.2) is 0 Å². The molecule has 0 fully saturated rings. The molecule has 1 aromatic heterocycles. The molecule has 0 amide bonds. The Balaban J connectivity index is 1.96. The van der Waals surface area contributed by atoms with Crippen molar-refractivity contribution < 1.29 is 14.3 Å². The summed E-state index contributed by atoms with van der Waals surface area (Å²) in [6, 6.07) is 3.90. The Morgan fingerprint density at radius 1 is 1.41 bits per heavy atom. The first-order chi connectivity index (χ1) is 8.33. The van der Waals surface area contributed by atoms with Crippen LogP contribution in [0.4, 0.5) is 0 Å². The maximum atomic E-state index is 10.9. The first-order valence-corrected chi connectivity index (χ1v) is 5.66. The van der Waals surface area contributed by atoms with Crippen LogP contribution in [0.3, 0.4) is 0 Å². The summed E-state index contributed by atoms with van der Waals surface area (Å²) in [5.74, 6) is -0.318. The number of nitrogens with one attached hydrogen (secondary N) is 1. The van der Waals surface area contributed by atoms with Crippen LogP contribution < -0.4 is 5.32 Å². The molecule has 0 bridgehead atoms. The van der Waals surface area contributed by atoms with Gasteiger partial charge in [0.05, 0.1) is 13.2 Å². The summed E-state index contributed by atoms with van der Waals surface area (Å²) < 4.78 is 9.86. The van der Waals surface area contributed by atoms with Crippen molar-refractivity contribution in [2.24, 2.45) is 0 Å². The lowest BCUT2D eigenvalue weighted by atomic mass is 10.3. The molecular formula is C12H18N2O3. The molecule has 0 saturated heterocycles. The van der Waals surface area contributed by atoms with Gasteiger partial charge in [0.25, 0.3) is 0 Å². The van der Waals surface area contributed by atoms with Crippen molar-refractivity contribution in [3.8, 4) is 0 Å². The molecule has 0 aliphatic carbocycles.